The monoisotopic (exact) mass is 329 g/mol. The van der Waals surface area contributed by atoms with Crippen LogP contribution in [-0.4, -0.2) is 36.1 Å². The molecule has 0 unspecified atom stereocenters. The van der Waals surface area contributed by atoms with Crippen LogP contribution in [0.5, 0.6) is 0 Å². The maximum absolute atomic E-state index is 13.3. The molecule has 2 aliphatic heterocycles. The maximum Gasteiger partial charge on any atom is 0.255 e. The second-order valence-electron chi connectivity index (χ2n) is 5.34. The van der Waals surface area contributed by atoms with Crippen LogP contribution in [0.2, 0.25) is 0 Å². The van der Waals surface area contributed by atoms with Crippen molar-refractivity contribution >= 4 is 23.0 Å². The molecule has 2 saturated heterocycles. The van der Waals surface area contributed by atoms with Gasteiger partial charge in [-0.05, 0) is 25.8 Å². The molecule has 3 fully saturated rings. The molecule has 2 heterocycles. The van der Waals surface area contributed by atoms with E-state index in [0.29, 0.717) is 19.6 Å². The molecule has 1 spiro atoms. The maximum atomic E-state index is 13.3. The summed E-state index contributed by atoms with van der Waals surface area (Å²) in [5, 5.41) is 0. The Morgan fingerprint density at radius 2 is 2.07 bits per heavy atom. The lowest BCUT2D eigenvalue weighted by Gasteiger charge is -2.30. The van der Waals surface area contributed by atoms with E-state index in [9.17, 15) is 8.78 Å². The fourth-order valence-electron chi connectivity index (χ4n) is 3.55. The van der Waals surface area contributed by atoms with Gasteiger partial charge in [-0.25, -0.2) is 8.78 Å². The smallest absolute Gasteiger partial charge is 0.255 e. The van der Waals surface area contributed by atoms with Crippen molar-refractivity contribution in [3.8, 4) is 0 Å². The molecule has 2 nitrogen and oxygen atoms in total. The number of hydrogen-bond donors (Lipinski definition) is 0. The van der Waals surface area contributed by atoms with E-state index >= 15 is 0 Å². The van der Waals surface area contributed by atoms with Gasteiger partial charge in [-0.3, -0.25) is 4.90 Å². The van der Waals surface area contributed by atoms with Gasteiger partial charge in [-0.1, -0.05) is 0 Å². The van der Waals surface area contributed by atoms with Gasteiger partial charge in [-0.15, -0.1) is 0 Å². The Morgan fingerprint density at radius 1 is 1.33 bits per heavy atom. The van der Waals surface area contributed by atoms with Crippen molar-refractivity contribution in [3.63, 3.8) is 0 Å². The summed E-state index contributed by atoms with van der Waals surface area (Å²) in [7, 11) is 0. The standard InChI is InChI=1S/C10H14F2INO/c11-10(12)5-8(10)4-9(7-15-13)2-1-3-14(9)6-8/h1-7H2/t8-,9-/m0/s1. The molecule has 5 heteroatoms. The molecule has 0 N–H and O–H groups in total. The fourth-order valence-corrected chi connectivity index (χ4v) is 4.13. The second kappa shape index (κ2) is 3.04. The summed E-state index contributed by atoms with van der Waals surface area (Å²) < 4.78 is 31.9. The van der Waals surface area contributed by atoms with Gasteiger partial charge in [0.25, 0.3) is 5.92 Å². The molecular weight excluding hydrogens is 315 g/mol. The normalized spacial score (nSPS) is 47.4. The molecule has 3 rings (SSSR count). The predicted molar refractivity (Wildman–Crippen MR) is 60.1 cm³/mol. The molecule has 3 aliphatic rings. The Hall–Kier alpha value is 0.510. The molecule has 0 amide bonds. The summed E-state index contributed by atoms with van der Waals surface area (Å²) in [6, 6.07) is 0. The summed E-state index contributed by atoms with van der Waals surface area (Å²) in [5.41, 5.74) is -0.760. The van der Waals surface area contributed by atoms with E-state index in [0.717, 1.165) is 19.4 Å². The number of halogens is 3. The SMILES string of the molecule is FC1(F)C[C@@]12CN1CCC[C@@]1(COI)C2. The highest BCUT2D eigenvalue weighted by atomic mass is 127. The van der Waals surface area contributed by atoms with Crippen LogP contribution in [0.3, 0.4) is 0 Å². The van der Waals surface area contributed by atoms with E-state index in [-0.39, 0.29) is 12.0 Å². The first-order valence-corrected chi connectivity index (χ1v) is 6.28. The zero-order chi connectivity index (χ0) is 10.7. The molecule has 0 aromatic rings. The van der Waals surface area contributed by atoms with E-state index in [1.165, 1.54) is 0 Å². The Balaban J connectivity index is 1.83. The van der Waals surface area contributed by atoms with Gasteiger partial charge in [-0.2, -0.15) is 0 Å². The first kappa shape index (κ1) is 10.7. The topological polar surface area (TPSA) is 12.5 Å². The van der Waals surface area contributed by atoms with E-state index < -0.39 is 11.3 Å². The van der Waals surface area contributed by atoms with Gasteiger partial charge >= 0.3 is 0 Å². The molecule has 0 bridgehead atoms. The first-order chi connectivity index (χ1) is 7.04. The summed E-state index contributed by atoms with van der Waals surface area (Å²) in [4.78, 5) is 2.24. The van der Waals surface area contributed by atoms with Crippen LogP contribution in [0.4, 0.5) is 8.78 Å². The van der Waals surface area contributed by atoms with Crippen molar-refractivity contribution in [1.82, 2.24) is 4.90 Å². The van der Waals surface area contributed by atoms with Gasteiger partial charge in [0.2, 0.25) is 0 Å². The van der Waals surface area contributed by atoms with Crippen LogP contribution in [-0.2, 0) is 3.07 Å². The van der Waals surface area contributed by atoms with Gasteiger partial charge in [0, 0.05) is 18.5 Å². The second-order valence-corrected chi connectivity index (χ2v) is 5.96. The van der Waals surface area contributed by atoms with Gasteiger partial charge in [0.1, 0.15) is 23.0 Å². The minimum atomic E-state index is -2.41. The van der Waals surface area contributed by atoms with E-state index in [2.05, 4.69) is 4.90 Å². The lowest BCUT2D eigenvalue weighted by molar-refractivity contribution is 0.0653. The average Bonchev–Trinajstić information content (AvgIpc) is 2.43. The predicted octanol–water partition coefficient (Wildman–Crippen LogP) is 2.62. The van der Waals surface area contributed by atoms with Crippen LogP contribution in [0.15, 0.2) is 0 Å². The molecule has 1 aliphatic carbocycles. The minimum absolute atomic E-state index is 0.0683. The molecule has 0 aromatic heterocycles. The Morgan fingerprint density at radius 3 is 2.67 bits per heavy atom. The molecule has 1 saturated carbocycles. The zero-order valence-corrected chi connectivity index (χ0v) is 10.6. The highest BCUT2D eigenvalue weighted by molar-refractivity contribution is 14.1. The number of rotatable bonds is 2. The first-order valence-electron chi connectivity index (χ1n) is 5.40. The molecular formula is C10H14F2INO. The summed E-state index contributed by atoms with van der Waals surface area (Å²) >= 11 is 1.88. The van der Waals surface area contributed by atoms with Crippen molar-refractivity contribution in [2.24, 2.45) is 5.41 Å². The summed E-state index contributed by atoms with van der Waals surface area (Å²) in [5.74, 6) is -2.41. The molecule has 0 radical (unpaired) electrons. The number of fused-ring (bicyclic) bond motifs is 1. The van der Waals surface area contributed by atoms with Crippen LogP contribution < -0.4 is 0 Å². The van der Waals surface area contributed by atoms with Crippen molar-refractivity contribution < 1.29 is 11.8 Å². The fraction of sp³-hybridized carbons (Fsp3) is 1.00. The highest BCUT2D eigenvalue weighted by Crippen LogP contribution is 2.69. The van der Waals surface area contributed by atoms with Crippen LogP contribution >= 0.6 is 23.0 Å². The van der Waals surface area contributed by atoms with Gasteiger partial charge in [0.05, 0.1) is 12.0 Å². The highest BCUT2D eigenvalue weighted by Gasteiger charge is 2.77. The van der Waals surface area contributed by atoms with E-state index in [4.69, 9.17) is 3.07 Å². The van der Waals surface area contributed by atoms with Crippen LogP contribution in [0.25, 0.3) is 0 Å². The third-order valence-corrected chi connectivity index (χ3v) is 4.75. The summed E-state index contributed by atoms with van der Waals surface area (Å²) in [6.45, 7) is 2.16. The zero-order valence-electron chi connectivity index (χ0n) is 8.44. The van der Waals surface area contributed by atoms with Crippen LogP contribution in [0, 0.1) is 5.41 Å². The minimum Gasteiger partial charge on any atom is -0.314 e. The Kier molecular flexibility index (Phi) is 2.16. The van der Waals surface area contributed by atoms with Gasteiger partial charge in [0.15, 0.2) is 0 Å². The van der Waals surface area contributed by atoms with Gasteiger partial charge < -0.3 is 3.07 Å². The average molecular weight is 329 g/mol. The quantitative estimate of drug-likeness (QED) is 0.722. The molecule has 2 atom stereocenters. The number of hydrogen-bond acceptors (Lipinski definition) is 2. The van der Waals surface area contributed by atoms with Crippen LogP contribution in [0.1, 0.15) is 25.7 Å². The molecule has 0 aromatic carbocycles. The Bertz CT molecular complexity index is 301. The van der Waals surface area contributed by atoms with Crippen molar-refractivity contribution in [2.75, 3.05) is 19.7 Å². The largest absolute Gasteiger partial charge is 0.314 e. The van der Waals surface area contributed by atoms with Crippen molar-refractivity contribution in [2.45, 2.75) is 37.1 Å². The lowest BCUT2D eigenvalue weighted by Crippen LogP contribution is -2.41. The summed E-state index contributed by atoms with van der Waals surface area (Å²) in [6.07, 6.45) is 2.88. The molecule has 86 valence electrons. The third kappa shape index (κ3) is 1.32. The number of alkyl halides is 2. The number of nitrogens with zero attached hydrogens (tertiary/aromatic N) is 1. The Labute approximate surface area is 102 Å². The van der Waals surface area contributed by atoms with E-state index in [1.807, 2.05) is 23.0 Å². The van der Waals surface area contributed by atoms with E-state index in [1.54, 1.807) is 0 Å². The third-order valence-electron chi connectivity index (χ3n) is 4.44. The lowest BCUT2D eigenvalue weighted by atomic mass is 9.89. The molecule has 15 heavy (non-hydrogen) atoms. The van der Waals surface area contributed by atoms with Crippen molar-refractivity contribution in [3.05, 3.63) is 0 Å². The van der Waals surface area contributed by atoms with Crippen molar-refractivity contribution in [1.29, 1.82) is 0 Å².